The number of anilines is 1. The highest BCUT2D eigenvalue weighted by atomic mass is 16.2. The van der Waals surface area contributed by atoms with Gasteiger partial charge in [0.2, 0.25) is 5.91 Å². The van der Waals surface area contributed by atoms with Crippen molar-refractivity contribution in [3.63, 3.8) is 0 Å². The van der Waals surface area contributed by atoms with E-state index in [0.29, 0.717) is 28.1 Å². The first kappa shape index (κ1) is 19.2. The highest BCUT2D eigenvalue weighted by Crippen LogP contribution is 2.20. The van der Waals surface area contributed by atoms with Crippen molar-refractivity contribution >= 4 is 33.9 Å². The van der Waals surface area contributed by atoms with Crippen molar-refractivity contribution in [2.24, 2.45) is 10.2 Å². The summed E-state index contributed by atoms with van der Waals surface area (Å²) >= 11 is 0. The fourth-order valence-electron chi connectivity index (χ4n) is 3.03. The minimum absolute atomic E-state index is 0.113. The maximum atomic E-state index is 12.7. The average molecular weight is 397 g/mol. The van der Waals surface area contributed by atoms with Crippen LogP contribution in [0.1, 0.15) is 5.82 Å². The predicted molar refractivity (Wildman–Crippen MR) is 116 cm³/mol. The Morgan fingerprint density at radius 2 is 1.53 bits per heavy atom. The van der Waals surface area contributed by atoms with Gasteiger partial charge in [-0.1, -0.05) is 30.3 Å². The normalized spacial score (nSPS) is 11.1. The van der Waals surface area contributed by atoms with Gasteiger partial charge < -0.3 is 5.32 Å². The van der Waals surface area contributed by atoms with Gasteiger partial charge in [-0.25, -0.2) is 4.98 Å². The zero-order valence-electron chi connectivity index (χ0n) is 16.3. The van der Waals surface area contributed by atoms with Crippen molar-refractivity contribution in [2.45, 2.75) is 13.5 Å². The molecule has 7 heteroatoms. The number of hydrogen-bond donors (Lipinski definition) is 1. The molecule has 4 aromatic rings. The van der Waals surface area contributed by atoms with Crippen LogP contribution in [0.4, 0.5) is 17.1 Å². The second-order valence-corrected chi connectivity index (χ2v) is 6.70. The average Bonchev–Trinajstić information content (AvgIpc) is 2.77. The van der Waals surface area contributed by atoms with Gasteiger partial charge in [-0.05, 0) is 55.5 Å². The van der Waals surface area contributed by atoms with Crippen LogP contribution in [-0.2, 0) is 11.3 Å². The number of para-hydroxylation sites is 1. The number of carbonyl (C=O) groups is 1. The van der Waals surface area contributed by atoms with Gasteiger partial charge in [0.15, 0.2) is 0 Å². The number of hydrogen-bond acceptors (Lipinski definition) is 5. The second kappa shape index (κ2) is 8.48. The summed E-state index contributed by atoms with van der Waals surface area (Å²) in [7, 11) is 0. The Morgan fingerprint density at radius 3 is 2.27 bits per heavy atom. The third-order valence-electron chi connectivity index (χ3n) is 4.54. The SMILES string of the molecule is Cc1nc2ccccc2c(=O)n1CC(=O)Nc1ccc(N=Nc2ccccc2)cc1. The first-order valence-electron chi connectivity index (χ1n) is 9.43. The van der Waals surface area contributed by atoms with Crippen molar-refractivity contribution in [1.82, 2.24) is 9.55 Å². The standard InChI is InChI=1S/C23H19N5O2/c1-16-24-21-10-6-5-9-20(21)23(30)28(16)15-22(29)25-17-11-13-19(14-12-17)27-26-18-7-3-2-4-8-18/h2-14H,15H2,1H3,(H,25,29). The van der Waals surface area contributed by atoms with E-state index >= 15 is 0 Å². The number of fused-ring (bicyclic) bond motifs is 1. The van der Waals surface area contributed by atoms with Crippen molar-refractivity contribution in [3.05, 3.63) is 95.0 Å². The van der Waals surface area contributed by atoms with Crippen molar-refractivity contribution in [2.75, 3.05) is 5.32 Å². The van der Waals surface area contributed by atoms with E-state index < -0.39 is 0 Å². The van der Waals surface area contributed by atoms with Gasteiger partial charge in [0.05, 0.1) is 22.3 Å². The third kappa shape index (κ3) is 4.30. The van der Waals surface area contributed by atoms with Crippen LogP contribution in [0.25, 0.3) is 10.9 Å². The van der Waals surface area contributed by atoms with Gasteiger partial charge in [0, 0.05) is 5.69 Å². The molecule has 1 heterocycles. The van der Waals surface area contributed by atoms with Crippen LogP contribution < -0.4 is 10.9 Å². The Bertz CT molecular complexity index is 1280. The molecule has 3 aromatic carbocycles. The van der Waals surface area contributed by atoms with Gasteiger partial charge in [0.25, 0.3) is 5.56 Å². The lowest BCUT2D eigenvalue weighted by Crippen LogP contribution is -2.30. The van der Waals surface area contributed by atoms with E-state index in [0.717, 1.165) is 5.69 Å². The molecule has 0 radical (unpaired) electrons. The lowest BCUT2D eigenvalue weighted by atomic mass is 10.2. The molecule has 0 aliphatic rings. The van der Waals surface area contributed by atoms with E-state index in [1.165, 1.54) is 4.57 Å². The Labute approximate surface area is 172 Å². The zero-order valence-corrected chi connectivity index (χ0v) is 16.3. The van der Waals surface area contributed by atoms with Gasteiger partial charge in [-0.15, -0.1) is 0 Å². The molecule has 0 fully saturated rings. The molecule has 0 saturated carbocycles. The molecule has 0 aliphatic carbocycles. The summed E-state index contributed by atoms with van der Waals surface area (Å²) in [5.41, 5.74) is 2.43. The summed E-state index contributed by atoms with van der Waals surface area (Å²) in [5, 5.41) is 11.6. The van der Waals surface area contributed by atoms with Crippen LogP contribution in [0.3, 0.4) is 0 Å². The largest absolute Gasteiger partial charge is 0.325 e. The molecule has 0 aliphatic heterocycles. The lowest BCUT2D eigenvalue weighted by Gasteiger charge is -2.11. The van der Waals surface area contributed by atoms with E-state index in [1.54, 1.807) is 49.4 Å². The van der Waals surface area contributed by atoms with Gasteiger partial charge in [-0.2, -0.15) is 10.2 Å². The third-order valence-corrected chi connectivity index (χ3v) is 4.54. The molecule has 1 N–H and O–H groups in total. The van der Waals surface area contributed by atoms with Crippen molar-refractivity contribution in [1.29, 1.82) is 0 Å². The smallest absolute Gasteiger partial charge is 0.261 e. The molecule has 0 spiro atoms. The van der Waals surface area contributed by atoms with Gasteiger partial charge in [0.1, 0.15) is 12.4 Å². The Kier molecular flexibility index (Phi) is 5.43. The van der Waals surface area contributed by atoms with Crippen LogP contribution in [0.15, 0.2) is 93.9 Å². The minimum atomic E-state index is -0.309. The minimum Gasteiger partial charge on any atom is -0.325 e. The summed E-state index contributed by atoms with van der Waals surface area (Å²) in [6, 6.07) is 23.5. The summed E-state index contributed by atoms with van der Waals surface area (Å²) < 4.78 is 1.38. The number of amides is 1. The quantitative estimate of drug-likeness (QED) is 0.493. The van der Waals surface area contributed by atoms with E-state index in [-0.39, 0.29) is 18.0 Å². The molecule has 0 bridgehead atoms. The van der Waals surface area contributed by atoms with Gasteiger partial charge >= 0.3 is 0 Å². The van der Waals surface area contributed by atoms with Gasteiger partial charge in [-0.3, -0.25) is 14.2 Å². The molecule has 4 rings (SSSR count). The lowest BCUT2D eigenvalue weighted by molar-refractivity contribution is -0.116. The summed E-state index contributed by atoms with van der Waals surface area (Å²) in [6.45, 7) is 1.60. The number of aryl methyl sites for hydroxylation is 1. The number of rotatable bonds is 5. The second-order valence-electron chi connectivity index (χ2n) is 6.70. The monoisotopic (exact) mass is 397 g/mol. The van der Waals surface area contributed by atoms with Crippen LogP contribution in [0, 0.1) is 6.92 Å². The van der Waals surface area contributed by atoms with Crippen LogP contribution >= 0.6 is 0 Å². The molecule has 7 nitrogen and oxygen atoms in total. The van der Waals surface area contributed by atoms with E-state index in [1.807, 2.05) is 36.4 Å². The van der Waals surface area contributed by atoms with Crippen molar-refractivity contribution in [3.8, 4) is 0 Å². The predicted octanol–water partition coefficient (Wildman–Crippen LogP) is 4.76. The van der Waals surface area contributed by atoms with E-state index in [2.05, 4.69) is 20.5 Å². The molecular weight excluding hydrogens is 378 g/mol. The fraction of sp³-hybridized carbons (Fsp3) is 0.0870. The zero-order chi connectivity index (χ0) is 20.9. The Hall–Kier alpha value is -4.13. The van der Waals surface area contributed by atoms with Crippen LogP contribution in [0.5, 0.6) is 0 Å². The summed E-state index contributed by atoms with van der Waals surface area (Å²) in [4.78, 5) is 29.6. The first-order chi connectivity index (χ1) is 14.6. The maximum Gasteiger partial charge on any atom is 0.261 e. The maximum absolute atomic E-state index is 12.7. The molecule has 0 unspecified atom stereocenters. The molecular formula is C23H19N5O2. The van der Waals surface area contributed by atoms with Crippen LogP contribution in [0.2, 0.25) is 0 Å². The first-order valence-corrected chi connectivity index (χ1v) is 9.43. The van der Waals surface area contributed by atoms with E-state index in [9.17, 15) is 9.59 Å². The number of nitrogens with zero attached hydrogens (tertiary/aromatic N) is 4. The van der Waals surface area contributed by atoms with Crippen molar-refractivity contribution < 1.29 is 4.79 Å². The fourth-order valence-corrected chi connectivity index (χ4v) is 3.03. The highest BCUT2D eigenvalue weighted by Gasteiger charge is 2.11. The van der Waals surface area contributed by atoms with E-state index in [4.69, 9.17) is 0 Å². The Balaban J connectivity index is 1.45. The number of carbonyl (C=O) groups excluding carboxylic acids is 1. The Morgan fingerprint density at radius 1 is 0.900 bits per heavy atom. The number of azo groups is 1. The molecule has 0 atom stereocenters. The number of benzene rings is 3. The molecule has 1 amide bonds. The summed E-state index contributed by atoms with van der Waals surface area (Å²) in [5.74, 6) is 0.182. The highest BCUT2D eigenvalue weighted by molar-refractivity contribution is 5.91. The van der Waals surface area contributed by atoms with Crippen LogP contribution in [-0.4, -0.2) is 15.5 Å². The number of nitrogens with one attached hydrogen (secondary N) is 1. The molecule has 1 aromatic heterocycles. The number of aromatic nitrogens is 2. The molecule has 30 heavy (non-hydrogen) atoms. The topological polar surface area (TPSA) is 88.7 Å². The molecule has 0 saturated heterocycles. The summed E-state index contributed by atoms with van der Waals surface area (Å²) in [6.07, 6.45) is 0. The molecule has 148 valence electrons.